The Morgan fingerprint density at radius 2 is 1.79 bits per heavy atom. The highest BCUT2D eigenvalue weighted by atomic mass is 19.4. The number of fused-ring (bicyclic) bond motifs is 1. The van der Waals surface area contributed by atoms with E-state index in [0.29, 0.717) is 43.0 Å². The van der Waals surface area contributed by atoms with Crippen molar-refractivity contribution < 1.29 is 32.7 Å². The van der Waals surface area contributed by atoms with Gasteiger partial charge in [-0.15, -0.1) is 0 Å². The maximum absolute atomic E-state index is 13.0. The average Bonchev–Trinajstić information content (AvgIpc) is 3.57. The van der Waals surface area contributed by atoms with E-state index in [1.807, 2.05) is 0 Å². The zero-order valence-electron chi connectivity index (χ0n) is 20.6. The highest BCUT2D eigenvalue weighted by molar-refractivity contribution is 6.05. The molecule has 2 N–H and O–H groups in total. The summed E-state index contributed by atoms with van der Waals surface area (Å²) in [6.45, 7) is 1.75. The van der Waals surface area contributed by atoms with Crippen LogP contribution in [-0.4, -0.2) is 56.7 Å². The molecule has 0 bridgehead atoms. The van der Waals surface area contributed by atoms with Crippen LogP contribution in [0.1, 0.15) is 65.0 Å². The second-order valence-electron chi connectivity index (χ2n) is 10.9. The third kappa shape index (κ3) is 4.08. The van der Waals surface area contributed by atoms with Gasteiger partial charge in [0.15, 0.2) is 0 Å². The van der Waals surface area contributed by atoms with E-state index in [2.05, 4.69) is 10.2 Å². The number of rotatable bonds is 4. The van der Waals surface area contributed by atoms with Crippen molar-refractivity contribution in [3.63, 3.8) is 0 Å². The second-order valence-corrected chi connectivity index (χ2v) is 10.9. The monoisotopic (exact) mass is 528 g/mol. The molecule has 2 atom stereocenters. The summed E-state index contributed by atoms with van der Waals surface area (Å²) in [6.07, 6.45) is -1.94. The van der Waals surface area contributed by atoms with Gasteiger partial charge in [-0.3, -0.25) is 29.6 Å². The minimum atomic E-state index is -4.37. The number of piperidine rings is 2. The van der Waals surface area contributed by atoms with Gasteiger partial charge in [0.1, 0.15) is 11.6 Å². The predicted octanol–water partition coefficient (Wildman–Crippen LogP) is 2.74. The number of hydrogen-bond donors (Lipinski definition) is 2. The number of carbonyl (C=O) groups is 3. The molecule has 1 aromatic carbocycles. The van der Waals surface area contributed by atoms with Crippen molar-refractivity contribution in [1.29, 1.82) is 0 Å². The van der Waals surface area contributed by atoms with E-state index in [-0.39, 0.29) is 31.2 Å². The van der Waals surface area contributed by atoms with Gasteiger partial charge in [-0.25, -0.2) is 0 Å². The Bertz CT molecular complexity index is 1320. The van der Waals surface area contributed by atoms with Crippen LogP contribution in [0.2, 0.25) is 0 Å². The molecule has 8 nitrogen and oxygen atoms in total. The van der Waals surface area contributed by atoms with Gasteiger partial charge in [-0.05, 0) is 55.5 Å². The lowest BCUT2D eigenvalue weighted by Gasteiger charge is -2.45. The highest BCUT2D eigenvalue weighted by Gasteiger charge is 2.62. The molecule has 200 valence electrons. The Kier molecular flexibility index (Phi) is 5.66. The summed E-state index contributed by atoms with van der Waals surface area (Å²) in [5, 5.41) is 14.2. The van der Waals surface area contributed by atoms with Crippen LogP contribution in [0, 0.1) is 5.41 Å². The number of pyridine rings is 1. The average molecular weight is 529 g/mol. The normalized spacial score (nSPS) is 27.0. The van der Waals surface area contributed by atoms with Crippen LogP contribution in [0.25, 0.3) is 0 Å². The van der Waals surface area contributed by atoms with Crippen LogP contribution >= 0.6 is 0 Å². The molecule has 4 heterocycles. The molecule has 1 aromatic heterocycles. The number of aliphatic hydroxyl groups is 1. The summed E-state index contributed by atoms with van der Waals surface area (Å²) in [5.41, 5.74) is -0.0954. The van der Waals surface area contributed by atoms with Crippen molar-refractivity contribution in [2.45, 2.75) is 63.0 Å². The zero-order valence-corrected chi connectivity index (χ0v) is 20.6. The van der Waals surface area contributed by atoms with Gasteiger partial charge in [0, 0.05) is 31.5 Å². The third-order valence-corrected chi connectivity index (χ3v) is 8.53. The molecule has 3 aliphatic heterocycles. The lowest BCUT2D eigenvalue weighted by molar-refractivity contribution is -0.138. The van der Waals surface area contributed by atoms with E-state index in [1.165, 1.54) is 17.0 Å². The van der Waals surface area contributed by atoms with Gasteiger partial charge in [0.05, 0.1) is 29.1 Å². The Morgan fingerprint density at radius 1 is 1.05 bits per heavy atom. The molecule has 3 amide bonds. The lowest BCUT2D eigenvalue weighted by atomic mass is 9.75. The molecule has 2 aromatic rings. The number of alkyl halides is 3. The van der Waals surface area contributed by atoms with Crippen molar-refractivity contribution in [1.82, 2.24) is 20.1 Å². The predicted molar refractivity (Wildman–Crippen MR) is 127 cm³/mol. The van der Waals surface area contributed by atoms with E-state index >= 15 is 0 Å². The minimum Gasteiger partial charge on any atom is -0.383 e. The Morgan fingerprint density at radius 3 is 2.45 bits per heavy atom. The number of amides is 3. The maximum atomic E-state index is 13.0. The number of nitrogens with one attached hydrogen (secondary N) is 1. The third-order valence-electron chi connectivity index (χ3n) is 8.53. The summed E-state index contributed by atoms with van der Waals surface area (Å²) in [7, 11) is 0. The first-order valence-corrected chi connectivity index (χ1v) is 12.8. The molecular weight excluding hydrogens is 501 g/mol. The van der Waals surface area contributed by atoms with Crippen molar-refractivity contribution in [2.75, 3.05) is 13.1 Å². The fraction of sp³-hybridized carbons (Fsp3) is 0.481. The molecule has 1 unspecified atom stereocenters. The second kappa shape index (κ2) is 8.60. The molecule has 1 aliphatic carbocycles. The molecule has 6 rings (SSSR count). The van der Waals surface area contributed by atoms with Gasteiger partial charge in [0.2, 0.25) is 11.8 Å². The zero-order chi connectivity index (χ0) is 26.9. The van der Waals surface area contributed by atoms with E-state index in [0.717, 1.165) is 30.5 Å². The summed E-state index contributed by atoms with van der Waals surface area (Å²) in [5.74, 6) is -1.15. The first-order valence-electron chi connectivity index (χ1n) is 12.8. The topological polar surface area (TPSA) is 103 Å². The number of aromatic nitrogens is 1. The molecule has 2 saturated heterocycles. The van der Waals surface area contributed by atoms with Gasteiger partial charge in [0.25, 0.3) is 5.91 Å². The Hall–Kier alpha value is -3.31. The standard InChI is InChI=1S/C27H27F3N4O4/c28-27(29,30)17-3-1-16(2-4-17)13-33-12-11-26(38,25(15-33)9-10-25)21-7-5-18-19(31-21)14-34(24(18)37)20-6-8-22(35)32-23(20)36/h1-5,7,20,38H,6,8-15H2,(H,32,35,36)/t20?,26-/m0/s1. The summed E-state index contributed by atoms with van der Waals surface area (Å²) in [4.78, 5) is 45.2. The fourth-order valence-electron chi connectivity index (χ4n) is 6.20. The van der Waals surface area contributed by atoms with Gasteiger partial charge < -0.3 is 10.0 Å². The number of likely N-dealkylation sites (tertiary alicyclic amines) is 1. The first kappa shape index (κ1) is 25.0. The van der Waals surface area contributed by atoms with E-state index in [1.54, 1.807) is 12.1 Å². The number of halogens is 3. The van der Waals surface area contributed by atoms with Crippen LogP contribution in [-0.2, 0) is 34.5 Å². The summed E-state index contributed by atoms with van der Waals surface area (Å²) in [6, 6.07) is 7.80. The molecule has 38 heavy (non-hydrogen) atoms. The largest absolute Gasteiger partial charge is 0.416 e. The molecular formula is C27H27F3N4O4. The molecule has 3 fully saturated rings. The molecule has 11 heteroatoms. The van der Waals surface area contributed by atoms with Crippen molar-refractivity contribution in [2.24, 2.45) is 5.41 Å². The van der Waals surface area contributed by atoms with Gasteiger partial charge in [-0.1, -0.05) is 12.1 Å². The van der Waals surface area contributed by atoms with Crippen LogP contribution in [0.5, 0.6) is 0 Å². The van der Waals surface area contributed by atoms with Crippen molar-refractivity contribution in [3.05, 3.63) is 64.5 Å². The van der Waals surface area contributed by atoms with Crippen LogP contribution in [0.4, 0.5) is 13.2 Å². The number of carbonyl (C=O) groups excluding carboxylic acids is 3. The quantitative estimate of drug-likeness (QED) is 0.592. The number of imide groups is 1. The van der Waals surface area contributed by atoms with Crippen LogP contribution in [0.3, 0.4) is 0 Å². The first-order chi connectivity index (χ1) is 18.0. The Balaban J connectivity index is 1.18. The van der Waals surface area contributed by atoms with Gasteiger partial charge >= 0.3 is 6.18 Å². The van der Waals surface area contributed by atoms with Crippen LogP contribution < -0.4 is 5.32 Å². The van der Waals surface area contributed by atoms with E-state index in [9.17, 15) is 32.7 Å². The molecule has 0 radical (unpaired) electrons. The number of benzene rings is 1. The highest BCUT2D eigenvalue weighted by Crippen LogP contribution is 2.61. The summed E-state index contributed by atoms with van der Waals surface area (Å²) < 4.78 is 38.7. The van der Waals surface area contributed by atoms with E-state index in [4.69, 9.17) is 4.98 Å². The lowest BCUT2D eigenvalue weighted by Crippen LogP contribution is -2.52. The molecule has 1 saturated carbocycles. The number of hydrogen-bond acceptors (Lipinski definition) is 6. The summed E-state index contributed by atoms with van der Waals surface area (Å²) >= 11 is 0. The Labute approximate surface area is 216 Å². The molecule has 1 spiro atoms. The van der Waals surface area contributed by atoms with E-state index < -0.39 is 34.7 Å². The fourth-order valence-corrected chi connectivity index (χ4v) is 6.20. The minimum absolute atomic E-state index is 0.136. The SMILES string of the molecule is O=C1CCC(N2Cc3nc([C@@]4(O)CCN(Cc5ccc(C(F)(F)F)cc5)CC45CC5)ccc3C2=O)C(=O)N1. The van der Waals surface area contributed by atoms with Gasteiger partial charge in [-0.2, -0.15) is 13.2 Å². The smallest absolute Gasteiger partial charge is 0.383 e. The van der Waals surface area contributed by atoms with Crippen molar-refractivity contribution in [3.8, 4) is 0 Å². The maximum Gasteiger partial charge on any atom is 0.416 e. The number of nitrogens with zero attached hydrogens (tertiary/aromatic N) is 3. The van der Waals surface area contributed by atoms with Crippen molar-refractivity contribution >= 4 is 17.7 Å². The van der Waals surface area contributed by atoms with Crippen LogP contribution in [0.15, 0.2) is 36.4 Å². The molecule has 4 aliphatic rings.